The smallest absolute Gasteiger partial charge is 0.197 e. The first-order chi connectivity index (χ1) is 14.0. The number of phenolic OH excluding ortho intramolecular Hbond substituents is 2. The van der Waals surface area contributed by atoms with E-state index in [1.807, 2.05) is 36.4 Å². The summed E-state index contributed by atoms with van der Waals surface area (Å²) in [6.45, 7) is -0.000690. The molecule has 0 spiro atoms. The van der Waals surface area contributed by atoms with Crippen LogP contribution in [0.4, 0.5) is 0 Å². The van der Waals surface area contributed by atoms with Crippen LogP contribution in [-0.2, 0) is 6.61 Å². The van der Waals surface area contributed by atoms with Crippen molar-refractivity contribution in [3.8, 4) is 34.7 Å². The number of rotatable bonds is 2. The van der Waals surface area contributed by atoms with Crippen LogP contribution in [0, 0.1) is 11.8 Å². The van der Waals surface area contributed by atoms with Gasteiger partial charge < -0.3 is 19.7 Å². The SMILES string of the molecule is O=c1cc(-c2ccc(C#Cc3ccc(CO)cc3)cc2)oc2cc(O)cc(O)c12. The minimum Gasteiger partial charge on any atom is -0.508 e. The first-order valence-corrected chi connectivity index (χ1v) is 8.85. The van der Waals surface area contributed by atoms with Crippen molar-refractivity contribution >= 4 is 11.0 Å². The summed E-state index contributed by atoms with van der Waals surface area (Å²) in [5, 5.41) is 28.6. The molecular formula is C24H16O5. The zero-order valence-corrected chi connectivity index (χ0v) is 15.2. The first-order valence-electron chi connectivity index (χ1n) is 8.85. The molecule has 0 bridgehead atoms. The molecule has 4 aromatic rings. The van der Waals surface area contributed by atoms with Crippen molar-refractivity contribution in [2.75, 3.05) is 0 Å². The zero-order chi connectivity index (χ0) is 20.4. The average molecular weight is 384 g/mol. The summed E-state index contributed by atoms with van der Waals surface area (Å²) in [7, 11) is 0. The molecule has 142 valence electrons. The fourth-order valence-electron chi connectivity index (χ4n) is 2.95. The summed E-state index contributed by atoms with van der Waals surface area (Å²) in [5.74, 6) is 5.94. The van der Waals surface area contributed by atoms with Crippen LogP contribution in [0.15, 0.2) is 75.9 Å². The summed E-state index contributed by atoms with van der Waals surface area (Å²) in [6.07, 6.45) is 0. The molecule has 29 heavy (non-hydrogen) atoms. The largest absolute Gasteiger partial charge is 0.508 e. The van der Waals surface area contributed by atoms with Crippen LogP contribution in [-0.4, -0.2) is 15.3 Å². The van der Waals surface area contributed by atoms with Gasteiger partial charge in [0.2, 0.25) is 0 Å². The van der Waals surface area contributed by atoms with E-state index in [-0.39, 0.29) is 29.1 Å². The Labute approximate surface area is 166 Å². The van der Waals surface area contributed by atoms with Gasteiger partial charge in [-0.1, -0.05) is 24.0 Å². The molecule has 0 atom stereocenters. The summed E-state index contributed by atoms with van der Waals surface area (Å²) >= 11 is 0. The predicted octanol–water partition coefficient (Wildman–Crippen LogP) is 3.76. The molecular weight excluding hydrogens is 368 g/mol. The molecule has 5 heteroatoms. The van der Waals surface area contributed by atoms with Crippen LogP contribution in [0.2, 0.25) is 0 Å². The number of aliphatic hydroxyl groups is 1. The van der Waals surface area contributed by atoms with Crippen molar-refractivity contribution in [3.05, 3.63) is 93.6 Å². The molecule has 4 rings (SSSR count). The van der Waals surface area contributed by atoms with Gasteiger partial charge in [0.05, 0.1) is 6.61 Å². The van der Waals surface area contributed by atoms with Gasteiger partial charge in [-0.15, -0.1) is 0 Å². The van der Waals surface area contributed by atoms with Crippen molar-refractivity contribution in [3.63, 3.8) is 0 Å². The highest BCUT2D eigenvalue weighted by Crippen LogP contribution is 2.30. The van der Waals surface area contributed by atoms with E-state index < -0.39 is 5.43 Å². The van der Waals surface area contributed by atoms with E-state index in [1.54, 1.807) is 12.1 Å². The molecule has 0 radical (unpaired) electrons. The van der Waals surface area contributed by atoms with Gasteiger partial charge in [0, 0.05) is 34.9 Å². The van der Waals surface area contributed by atoms with E-state index in [1.165, 1.54) is 12.1 Å². The zero-order valence-electron chi connectivity index (χ0n) is 15.2. The molecule has 0 fully saturated rings. The highest BCUT2D eigenvalue weighted by Gasteiger charge is 2.12. The van der Waals surface area contributed by atoms with Gasteiger partial charge in [0.1, 0.15) is 28.2 Å². The van der Waals surface area contributed by atoms with Crippen LogP contribution in [0.5, 0.6) is 11.5 Å². The molecule has 0 aliphatic rings. The number of aromatic hydroxyl groups is 2. The van der Waals surface area contributed by atoms with E-state index in [9.17, 15) is 15.0 Å². The van der Waals surface area contributed by atoms with E-state index in [2.05, 4.69) is 11.8 Å². The highest BCUT2D eigenvalue weighted by atomic mass is 16.3. The van der Waals surface area contributed by atoms with E-state index in [0.717, 1.165) is 22.8 Å². The lowest BCUT2D eigenvalue weighted by molar-refractivity contribution is 0.282. The van der Waals surface area contributed by atoms with Gasteiger partial charge in [-0.3, -0.25) is 4.79 Å². The van der Waals surface area contributed by atoms with Crippen molar-refractivity contribution in [1.82, 2.24) is 0 Å². The standard InChI is InChI=1S/C24H16O5/c25-14-17-5-3-15(4-6-17)1-2-16-7-9-18(10-8-16)22-13-21(28)24-20(27)11-19(26)12-23(24)29-22/h3-13,25-27H,14H2. The number of phenols is 2. The number of aliphatic hydroxyl groups excluding tert-OH is 1. The minimum atomic E-state index is -0.394. The Morgan fingerprint density at radius 2 is 1.45 bits per heavy atom. The third-order valence-electron chi connectivity index (χ3n) is 4.45. The number of hydrogen-bond donors (Lipinski definition) is 3. The fraction of sp³-hybridized carbons (Fsp3) is 0.0417. The Hall–Kier alpha value is -4.01. The molecule has 3 N–H and O–H groups in total. The third-order valence-corrected chi connectivity index (χ3v) is 4.45. The van der Waals surface area contributed by atoms with Crippen LogP contribution >= 0.6 is 0 Å². The van der Waals surface area contributed by atoms with E-state index in [0.29, 0.717) is 11.3 Å². The molecule has 0 amide bonds. The maximum absolute atomic E-state index is 12.3. The maximum atomic E-state index is 12.3. The molecule has 0 aliphatic heterocycles. The summed E-state index contributed by atoms with van der Waals surface area (Å²) in [6, 6.07) is 18.2. The Kier molecular flexibility index (Phi) is 4.78. The minimum absolute atomic E-state index is 0.000690. The third kappa shape index (κ3) is 3.84. The first kappa shape index (κ1) is 18.4. The van der Waals surface area contributed by atoms with Crippen molar-refractivity contribution in [2.45, 2.75) is 6.61 Å². The van der Waals surface area contributed by atoms with Gasteiger partial charge in [0.15, 0.2) is 5.43 Å². The van der Waals surface area contributed by atoms with Crippen LogP contribution in [0.25, 0.3) is 22.3 Å². The van der Waals surface area contributed by atoms with E-state index >= 15 is 0 Å². The lowest BCUT2D eigenvalue weighted by Crippen LogP contribution is -2.00. The Morgan fingerprint density at radius 1 is 0.828 bits per heavy atom. The average Bonchev–Trinajstić information content (AvgIpc) is 2.72. The second-order valence-electron chi connectivity index (χ2n) is 6.50. The van der Waals surface area contributed by atoms with Crippen LogP contribution in [0.1, 0.15) is 16.7 Å². The van der Waals surface area contributed by atoms with Crippen molar-refractivity contribution in [1.29, 1.82) is 0 Å². The molecule has 0 aliphatic carbocycles. The van der Waals surface area contributed by atoms with Gasteiger partial charge >= 0.3 is 0 Å². The Bertz CT molecular complexity index is 1300. The predicted molar refractivity (Wildman–Crippen MR) is 110 cm³/mol. The topological polar surface area (TPSA) is 90.9 Å². The summed E-state index contributed by atoms with van der Waals surface area (Å²) in [5.41, 5.74) is 2.85. The van der Waals surface area contributed by atoms with E-state index in [4.69, 9.17) is 9.52 Å². The lowest BCUT2D eigenvalue weighted by Gasteiger charge is -2.05. The summed E-state index contributed by atoms with van der Waals surface area (Å²) in [4.78, 5) is 12.3. The molecule has 3 aromatic carbocycles. The van der Waals surface area contributed by atoms with Gasteiger partial charge in [-0.05, 0) is 42.0 Å². The Morgan fingerprint density at radius 3 is 2.07 bits per heavy atom. The van der Waals surface area contributed by atoms with Gasteiger partial charge in [-0.25, -0.2) is 0 Å². The van der Waals surface area contributed by atoms with Crippen molar-refractivity contribution in [2.24, 2.45) is 0 Å². The number of hydrogen-bond acceptors (Lipinski definition) is 5. The quantitative estimate of drug-likeness (QED) is 0.458. The summed E-state index contributed by atoms with van der Waals surface area (Å²) < 4.78 is 5.70. The molecule has 1 heterocycles. The number of benzene rings is 3. The van der Waals surface area contributed by atoms with Gasteiger partial charge in [-0.2, -0.15) is 0 Å². The maximum Gasteiger partial charge on any atom is 0.197 e. The molecule has 1 aromatic heterocycles. The van der Waals surface area contributed by atoms with Crippen LogP contribution in [0.3, 0.4) is 0 Å². The molecule has 0 saturated carbocycles. The second-order valence-corrected chi connectivity index (χ2v) is 6.50. The number of fused-ring (bicyclic) bond motifs is 1. The monoisotopic (exact) mass is 384 g/mol. The lowest BCUT2D eigenvalue weighted by atomic mass is 10.1. The molecule has 0 saturated heterocycles. The molecule has 0 unspecified atom stereocenters. The fourth-order valence-corrected chi connectivity index (χ4v) is 2.95. The highest BCUT2D eigenvalue weighted by molar-refractivity contribution is 5.86. The van der Waals surface area contributed by atoms with Crippen LogP contribution < -0.4 is 5.43 Å². The second kappa shape index (κ2) is 7.55. The molecule has 5 nitrogen and oxygen atoms in total. The Balaban J connectivity index is 1.64. The van der Waals surface area contributed by atoms with Gasteiger partial charge in [0.25, 0.3) is 0 Å². The normalized spacial score (nSPS) is 10.5. The van der Waals surface area contributed by atoms with Crippen molar-refractivity contribution < 1.29 is 19.7 Å².